The van der Waals surface area contributed by atoms with Gasteiger partial charge in [0.05, 0.1) is 5.60 Å². The molecular formula is C10H16O2. The highest BCUT2D eigenvalue weighted by Crippen LogP contribution is 2.30. The van der Waals surface area contributed by atoms with Crippen molar-refractivity contribution >= 4 is 5.78 Å². The van der Waals surface area contributed by atoms with Crippen LogP contribution in [0.4, 0.5) is 0 Å². The molecule has 1 aliphatic rings. The number of carbonyl (C=O) groups excluding carboxylic acids is 1. The molecule has 0 aliphatic heterocycles. The van der Waals surface area contributed by atoms with Gasteiger partial charge in [-0.1, -0.05) is 5.57 Å². The van der Waals surface area contributed by atoms with E-state index in [1.165, 1.54) is 0 Å². The maximum atomic E-state index is 11.4. The number of hydrogen-bond acceptors (Lipinski definition) is 2. The lowest BCUT2D eigenvalue weighted by atomic mass is 9.81. The molecule has 0 bridgehead atoms. The van der Waals surface area contributed by atoms with Crippen molar-refractivity contribution in [2.75, 3.05) is 0 Å². The Hall–Kier alpha value is -0.630. The van der Waals surface area contributed by atoms with Gasteiger partial charge in [-0.15, -0.1) is 0 Å². The first-order valence-electron chi connectivity index (χ1n) is 4.34. The maximum absolute atomic E-state index is 11.4. The van der Waals surface area contributed by atoms with E-state index in [2.05, 4.69) is 0 Å². The number of hydrogen-bond donors (Lipinski definition) is 1. The molecule has 0 radical (unpaired) electrons. The summed E-state index contributed by atoms with van der Waals surface area (Å²) in [5.74, 6) is 0.117. The molecule has 0 saturated heterocycles. The molecule has 12 heavy (non-hydrogen) atoms. The minimum Gasteiger partial charge on any atom is -0.390 e. The van der Waals surface area contributed by atoms with Crippen LogP contribution in [0.1, 0.15) is 40.0 Å². The van der Waals surface area contributed by atoms with E-state index in [1.807, 2.05) is 13.8 Å². The van der Waals surface area contributed by atoms with Gasteiger partial charge in [-0.05, 0) is 39.2 Å². The average molecular weight is 168 g/mol. The predicted molar refractivity (Wildman–Crippen MR) is 47.9 cm³/mol. The largest absolute Gasteiger partial charge is 0.390 e. The van der Waals surface area contributed by atoms with E-state index in [0.29, 0.717) is 6.42 Å². The Kier molecular flexibility index (Phi) is 2.38. The highest BCUT2D eigenvalue weighted by Gasteiger charge is 2.31. The van der Waals surface area contributed by atoms with Crippen molar-refractivity contribution in [3.05, 3.63) is 11.1 Å². The fourth-order valence-electron chi connectivity index (χ4n) is 1.60. The summed E-state index contributed by atoms with van der Waals surface area (Å²) in [6.07, 6.45) is 1.72. The molecule has 0 aromatic heterocycles. The van der Waals surface area contributed by atoms with Gasteiger partial charge in [-0.3, -0.25) is 4.79 Å². The van der Waals surface area contributed by atoms with Gasteiger partial charge < -0.3 is 5.11 Å². The Morgan fingerprint density at radius 3 is 2.50 bits per heavy atom. The zero-order valence-electron chi connectivity index (χ0n) is 7.98. The first-order valence-corrected chi connectivity index (χ1v) is 4.34. The van der Waals surface area contributed by atoms with Crippen LogP contribution in [-0.2, 0) is 4.79 Å². The molecule has 2 heteroatoms. The molecule has 1 rings (SSSR count). The first kappa shape index (κ1) is 9.46. The quantitative estimate of drug-likeness (QED) is 0.560. The van der Waals surface area contributed by atoms with Crippen molar-refractivity contribution in [1.29, 1.82) is 0 Å². The summed E-state index contributed by atoms with van der Waals surface area (Å²) in [5.41, 5.74) is 1.24. The van der Waals surface area contributed by atoms with Gasteiger partial charge in [-0.25, -0.2) is 0 Å². The summed E-state index contributed by atoms with van der Waals surface area (Å²) < 4.78 is 0. The molecule has 1 saturated carbocycles. The fourth-order valence-corrected chi connectivity index (χ4v) is 1.60. The Labute approximate surface area is 73.3 Å². The summed E-state index contributed by atoms with van der Waals surface area (Å²) in [6.45, 7) is 5.63. The van der Waals surface area contributed by atoms with E-state index in [0.717, 1.165) is 17.6 Å². The third kappa shape index (κ3) is 1.95. The number of rotatable bonds is 0. The normalized spacial score (nSPS) is 30.7. The Balaban J connectivity index is 2.81. The van der Waals surface area contributed by atoms with Gasteiger partial charge in [0.25, 0.3) is 0 Å². The van der Waals surface area contributed by atoms with Crippen molar-refractivity contribution < 1.29 is 9.90 Å². The van der Waals surface area contributed by atoms with Crippen molar-refractivity contribution in [2.45, 2.75) is 45.6 Å². The molecule has 1 aliphatic carbocycles. The topological polar surface area (TPSA) is 37.3 Å². The summed E-state index contributed by atoms with van der Waals surface area (Å²) in [5, 5.41) is 9.60. The zero-order chi connectivity index (χ0) is 9.35. The molecule has 1 N–H and O–H groups in total. The monoisotopic (exact) mass is 168 g/mol. The standard InChI is InChI=1S/C10H16O2/c1-7(2)8-4-5-10(3,12)6-9(8)11/h12H,4-6H2,1-3H3/t10-/m1/s1. The van der Waals surface area contributed by atoms with Crippen LogP contribution in [0.2, 0.25) is 0 Å². The molecule has 2 nitrogen and oxygen atoms in total. The molecule has 0 spiro atoms. The minimum atomic E-state index is -0.768. The van der Waals surface area contributed by atoms with E-state index < -0.39 is 5.60 Å². The number of aliphatic hydroxyl groups is 1. The molecule has 0 aromatic rings. The van der Waals surface area contributed by atoms with Crippen LogP contribution in [0.3, 0.4) is 0 Å². The molecular weight excluding hydrogens is 152 g/mol. The van der Waals surface area contributed by atoms with Crippen molar-refractivity contribution in [3.8, 4) is 0 Å². The lowest BCUT2D eigenvalue weighted by Gasteiger charge is -2.28. The molecule has 0 unspecified atom stereocenters. The highest BCUT2D eigenvalue weighted by molar-refractivity contribution is 5.97. The number of allylic oxidation sites excluding steroid dienone is 2. The second-order valence-corrected chi connectivity index (χ2v) is 4.08. The maximum Gasteiger partial charge on any atom is 0.161 e. The van der Waals surface area contributed by atoms with Crippen LogP contribution in [0.15, 0.2) is 11.1 Å². The van der Waals surface area contributed by atoms with Gasteiger partial charge in [0.15, 0.2) is 5.78 Å². The first-order chi connectivity index (χ1) is 5.42. The zero-order valence-corrected chi connectivity index (χ0v) is 7.98. The third-order valence-corrected chi connectivity index (χ3v) is 2.40. The van der Waals surface area contributed by atoms with Crippen LogP contribution in [0, 0.1) is 0 Å². The highest BCUT2D eigenvalue weighted by atomic mass is 16.3. The summed E-state index contributed by atoms with van der Waals surface area (Å²) >= 11 is 0. The van der Waals surface area contributed by atoms with Crippen LogP contribution < -0.4 is 0 Å². The van der Waals surface area contributed by atoms with E-state index >= 15 is 0 Å². The summed E-state index contributed by atoms with van der Waals surface area (Å²) in [6, 6.07) is 0. The molecule has 68 valence electrons. The Bertz CT molecular complexity index is 232. The predicted octanol–water partition coefficient (Wildman–Crippen LogP) is 1.83. The van der Waals surface area contributed by atoms with Gasteiger partial charge >= 0.3 is 0 Å². The van der Waals surface area contributed by atoms with E-state index in [4.69, 9.17) is 0 Å². The SMILES string of the molecule is CC(C)=C1CC[C@@](C)(O)CC1=O. The molecule has 0 heterocycles. The van der Waals surface area contributed by atoms with Gasteiger partial charge in [0, 0.05) is 6.42 Å². The number of carbonyl (C=O) groups is 1. The van der Waals surface area contributed by atoms with Crippen LogP contribution in [-0.4, -0.2) is 16.5 Å². The fraction of sp³-hybridized carbons (Fsp3) is 0.700. The molecule has 0 amide bonds. The number of ketones is 1. The van der Waals surface area contributed by atoms with Gasteiger partial charge in [0.1, 0.15) is 0 Å². The molecule has 1 atom stereocenters. The van der Waals surface area contributed by atoms with Crippen LogP contribution >= 0.6 is 0 Å². The van der Waals surface area contributed by atoms with E-state index in [1.54, 1.807) is 6.92 Å². The van der Waals surface area contributed by atoms with Gasteiger partial charge in [-0.2, -0.15) is 0 Å². The van der Waals surface area contributed by atoms with Crippen molar-refractivity contribution in [2.24, 2.45) is 0 Å². The smallest absolute Gasteiger partial charge is 0.161 e. The molecule has 1 fully saturated rings. The second-order valence-electron chi connectivity index (χ2n) is 4.08. The summed E-state index contributed by atoms with van der Waals surface area (Å²) in [4.78, 5) is 11.4. The van der Waals surface area contributed by atoms with Crippen LogP contribution in [0.25, 0.3) is 0 Å². The Morgan fingerprint density at radius 1 is 1.50 bits per heavy atom. The van der Waals surface area contributed by atoms with Crippen molar-refractivity contribution in [1.82, 2.24) is 0 Å². The van der Waals surface area contributed by atoms with E-state index in [-0.39, 0.29) is 12.2 Å². The average Bonchev–Trinajstić information content (AvgIpc) is 1.83. The molecule has 0 aromatic carbocycles. The van der Waals surface area contributed by atoms with E-state index in [9.17, 15) is 9.90 Å². The second kappa shape index (κ2) is 3.02. The minimum absolute atomic E-state index is 0.117. The lowest BCUT2D eigenvalue weighted by Crippen LogP contribution is -2.33. The Morgan fingerprint density at radius 2 is 2.08 bits per heavy atom. The summed E-state index contributed by atoms with van der Waals surface area (Å²) in [7, 11) is 0. The van der Waals surface area contributed by atoms with Gasteiger partial charge in [0.2, 0.25) is 0 Å². The van der Waals surface area contributed by atoms with Crippen LogP contribution in [0.5, 0.6) is 0 Å². The lowest BCUT2D eigenvalue weighted by molar-refractivity contribution is -0.122. The van der Waals surface area contributed by atoms with Crippen molar-refractivity contribution in [3.63, 3.8) is 0 Å². The third-order valence-electron chi connectivity index (χ3n) is 2.40. The number of Topliss-reactive ketones (excluding diaryl/α,β-unsaturated/α-hetero) is 1.